The highest BCUT2D eigenvalue weighted by Gasteiger charge is 2.11. The van der Waals surface area contributed by atoms with Crippen LogP contribution in [0.25, 0.3) is 11.0 Å². The van der Waals surface area contributed by atoms with Gasteiger partial charge < -0.3 is 4.57 Å². The summed E-state index contributed by atoms with van der Waals surface area (Å²) in [7, 11) is 1.88. The summed E-state index contributed by atoms with van der Waals surface area (Å²) < 4.78 is 1.86. The number of hydrogen-bond donors (Lipinski definition) is 0. The van der Waals surface area contributed by atoms with Crippen LogP contribution in [0, 0.1) is 0 Å². The van der Waals surface area contributed by atoms with E-state index in [0.717, 1.165) is 17.5 Å². The van der Waals surface area contributed by atoms with Gasteiger partial charge in [-0.2, -0.15) is 0 Å². The minimum Gasteiger partial charge on any atom is -0.325 e. The van der Waals surface area contributed by atoms with Crippen LogP contribution >= 0.6 is 0 Å². The average molecular weight is 202 g/mol. The first-order chi connectivity index (χ1) is 7.13. The van der Waals surface area contributed by atoms with Crippen LogP contribution in [0.5, 0.6) is 0 Å². The van der Waals surface area contributed by atoms with Gasteiger partial charge in [-0.1, -0.05) is 13.0 Å². The standard InChI is InChI=1S/C12H14N2O/c1-4-9-5-6-10-11(7-9)14(3)12(13-10)8(2)15/h5-7H,4H2,1-3H3. The molecule has 3 heteroatoms. The molecule has 0 N–H and O–H groups in total. The van der Waals surface area contributed by atoms with Gasteiger partial charge in [-0.3, -0.25) is 4.79 Å². The molecule has 1 aromatic heterocycles. The normalized spacial score (nSPS) is 10.9. The molecule has 0 bridgehead atoms. The second kappa shape index (κ2) is 3.50. The summed E-state index contributed by atoms with van der Waals surface area (Å²) in [6.45, 7) is 3.66. The Labute approximate surface area is 88.7 Å². The monoisotopic (exact) mass is 202 g/mol. The smallest absolute Gasteiger partial charge is 0.195 e. The number of nitrogens with zero attached hydrogens (tertiary/aromatic N) is 2. The van der Waals surface area contributed by atoms with E-state index in [1.165, 1.54) is 5.56 Å². The average Bonchev–Trinajstić information content (AvgIpc) is 2.56. The van der Waals surface area contributed by atoms with Gasteiger partial charge in [0, 0.05) is 14.0 Å². The summed E-state index contributed by atoms with van der Waals surface area (Å²) in [5.41, 5.74) is 3.18. The lowest BCUT2D eigenvalue weighted by Crippen LogP contribution is -2.02. The van der Waals surface area contributed by atoms with E-state index in [4.69, 9.17) is 0 Å². The summed E-state index contributed by atoms with van der Waals surface area (Å²) in [6, 6.07) is 6.12. The predicted molar refractivity (Wildman–Crippen MR) is 60.1 cm³/mol. The molecule has 0 aliphatic rings. The quantitative estimate of drug-likeness (QED) is 0.700. The topological polar surface area (TPSA) is 34.9 Å². The van der Waals surface area contributed by atoms with Gasteiger partial charge in [-0.15, -0.1) is 0 Å². The Hall–Kier alpha value is -1.64. The van der Waals surface area contributed by atoms with Crippen molar-refractivity contribution in [3.05, 3.63) is 29.6 Å². The van der Waals surface area contributed by atoms with E-state index >= 15 is 0 Å². The van der Waals surface area contributed by atoms with Crippen molar-refractivity contribution in [2.75, 3.05) is 0 Å². The Morgan fingerprint density at radius 1 is 1.47 bits per heavy atom. The molecule has 3 nitrogen and oxygen atoms in total. The van der Waals surface area contributed by atoms with Gasteiger partial charge in [0.05, 0.1) is 11.0 Å². The molecule has 0 spiro atoms. The van der Waals surface area contributed by atoms with Crippen LogP contribution in [0.4, 0.5) is 0 Å². The zero-order valence-corrected chi connectivity index (χ0v) is 9.24. The van der Waals surface area contributed by atoms with Crippen LogP contribution in [0.3, 0.4) is 0 Å². The number of ketones is 1. The van der Waals surface area contributed by atoms with E-state index in [1.54, 1.807) is 6.92 Å². The first kappa shape index (κ1) is 9.90. The van der Waals surface area contributed by atoms with Crippen LogP contribution in [0.15, 0.2) is 18.2 Å². The van der Waals surface area contributed by atoms with Crippen molar-refractivity contribution >= 4 is 16.8 Å². The van der Waals surface area contributed by atoms with E-state index in [2.05, 4.69) is 24.0 Å². The SMILES string of the molecule is CCc1ccc2nc(C(C)=O)n(C)c2c1. The van der Waals surface area contributed by atoms with Crippen molar-refractivity contribution in [2.45, 2.75) is 20.3 Å². The lowest BCUT2D eigenvalue weighted by Gasteiger charge is -1.99. The Kier molecular flexibility index (Phi) is 2.31. The fourth-order valence-electron chi connectivity index (χ4n) is 1.77. The Bertz CT molecular complexity index is 526. The number of carbonyl (C=O) groups is 1. The van der Waals surface area contributed by atoms with Crippen molar-refractivity contribution in [2.24, 2.45) is 7.05 Å². The molecule has 15 heavy (non-hydrogen) atoms. The molecule has 0 saturated heterocycles. The van der Waals surface area contributed by atoms with E-state index < -0.39 is 0 Å². The van der Waals surface area contributed by atoms with Gasteiger partial charge in [-0.25, -0.2) is 4.98 Å². The van der Waals surface area contributed by atoms with Gasteiger partial charge in [0.15, 0.2) is 11.6 Å². The largest absolute Gasteiger partial charge is 0.325 e. The third-order valence-electron chi connectivity index (χ3n) is 2.67. The molecule has 78 valence electrons. The lowest BCUT2D eigenvalue weighted by molar-refractivity contribution is 0.100. The third kappa shape index (κ3) is 1.54. The first-order valence-corrected chi connectivity index (χ1v) is 5.09. The Morgan fingerprint density at radius 2 is 2.20 bits per heavy atom. The maximum absolute atomic E-state index is 11.3. The summed E-state index contributed by atoms with van der Waals surface area (Å²) in [5, 5.41) is 0. The first-order valence-electron chi connectivity index (χ1n) is 5.09. The molecular formula is C12H14N2O. The third-order valence-corrected chi connectivity index (χ3v) is 2.67. The van der Waals surface area contributed by atoms with Crippen molar-refractivity contribution in [1.82, 2.24) is 9.55 Å². The number of imidazole rings is 1. The van der Waals surface area contributed by atoms with Gasteiger partial charge in [0.1, 0.15) is 0 Å². The van der Waals surface area contributed by atoms with Crippen LogP contribution < -0.4 is 0 Å². The van der Waals surface area contributed by atoms with Crippen molar-refractivity contribution in [1.29, 1.82) is 0 Å². The fraction of sp³-hybridized carbons (Fsp3) is 0.333. The number of aromatic nitrogens is 2. The van der Waals surface area contributed by atoms with E-state index in [0.29, 0.717) is 5.82 Å². The lowest BCUT2D eigenvalue weighted by atomic mass is 10.1. The summed E-state index contributed by atoms with van der Waals surface area (Å²) in [4.78, 5) is 15.6. The molecular weight excluding hydrogens is 188 g/mol. The summed E-state index contributed by atoms with van der Waals surface area (Å²) >= 11 is 0. The Morgan fingerprint density at radius 3 is 2.80 bits per heavy atom. The molecule has 0 unspecified atom stereocenters. The maximum atomic E-state index is 11.3. The molecule has 0 atom stereocenters. The highest BCUT2D eigenvalue weighted by Crippen LogP contribution is 2.17. The number of carbonyl (C=O) groups excluding carboxylic acids is 1. The summed E-state index contributed by atoms with van der Waals surface area (Å²) in [5.74, 6) is 0.532. The number of rotatable bonds is 2. The number of fused-ring (bicyclic) bond motifs is 1. The molecule has 1 aromatic carbocycles. The molecule has 0 amide bonds. The second-order valence-corrected chi connectivity index (χ2v) is 3.73. The van der Waals surface area contributed by atoms with Gasteiger partial charge >= 0.3 is 0 Å². The molecule has 0 aliphatic heterocycles. The highest BCUT2D eigenvalue weighted by molar-refractivity contribution is 5.94. The predicted octanol–water partition coefficient (Wildman–Crippen LogP) is 2.34. The molecule has 2 aromatic rings. The van der Waals surface area contributed by atoms with Gasteiger partial charge in [0.2, 0.25) is 0 Å². The van der Waals surface area contributed by atoms with Gasteiger partial charge in [0.25, 0.3) is 0 Å². The van der Waals surface area contributed by atoms with E-state index in [9.17, 15) is 4.79 Å². The van der Waals surface area contributed by atoms with Crippen LogP contribution in [-0.2, 0) is 13.5 Å². The molecule has 2 rings (SSSR count). The maximum Gasteiger partial charge on any atom is 0.195 e. The zero-order chi connectivity index (χ0) is 11.0. The molecule has 0 saturated carbocycles. The number of benzene rings is 1. The zero-order valence-electron chi connectivity index (χ0n) is 9.24. The molecule has 1 heterocycles. The highest BCUT2D eigenvalue weighted by atomic mass is 16.1. The van der Waals surface area contributed by atoms with Crippen LogP contribution in [-0.4, -0.2) is 15.3 Å². The van der Waals surface area contributed by atoms with Crippen molar-refractivity contribution in [3.8, 4) is 0 Å². The number of aryl methyl sites for hydroxylation is 2. The van der Waals surface area contributed by atoms with E-state index in [-0.39, 0.29) is 5.78 Å². The van der Waals surface area contributed by atoms with Gasteiger partial charge in [-0.05, 0) is 24.1 Å². The van der Waals surface area contributed by atoms with Crippen molar-refractivity contribution in [3.63, 3.8) is 0 Å². The minimum absolute atomic E-state index is 0.00625. The Balaban J connectivity index is 2.72. The number of hydrogen-bond acceptors (Lipinski definition) is 2. The fourth-order valence-corrected chi connectivity index (χ4v) is 1.77. The second-order valence-electron chi connectivity index (χ2n) is 3.73. The molecule has 0 radical (unpaired) electrons. The van der Waals surface area contributed by atoms with Crippen LogP contribution in [0.1, 0.15) is 30.0 Å². The van der Waals surface area contributed by atoms with Crippen LogP contribution in [0.2, 0.25) is 0 Å². The number of Topliss-reactive ketones (excluding diaryl/α,β-unsaturated/α-hetero) is 1. The van der Waals surface area contributed by atoms with E-state index in [1.807, 2.05) is 17.7 Å². The molecule has 0 aliphatic carbocycles. The minimum atomic E-state index is 0.00625. The van der Waals surface area contributed by atoms with Crippen molar-refractivity contribution < 1.29 is 4.79 Å². The molecule has 0 fully saturated rings. The summed E-state index contributed by atoms with van der Waals surface area (Å²) in [6.07, 6.45) is 0.997.